The number of hydrogen-bond donors (Lipinski definition) is 2. The van der Waals surface area contributed by atoms with Crippen LogP contribution in [-0.2, 0) is 9.84 Å². The summed E-state index contributed by atoms with van der Waals surface area (Å²) >= 11 is 0. The first-order valence-corrected chi connectivity index (χ1v) is 9.81. The Morgan fingerprint density at radius 1 is 1.31 bits per heavy atom. The third-order valence-electron chi connectivity index (χ3n) is 3.90. The maximum Gasteiger partial charge on any atom is 0.274 e. The van der Waals surface area contributed by atoms with Crippen LogP contribution in [0.3, 0.4) is 0 Å². The van der Waals surface area contributed by atoms with Gasteiger partial charge in [0.15, 0.2) is 9.84 Å². The van der Waals surface area contributed by atoms with Crippen LogP contribution in [0, 0.1) is 18.3 Å². The number of aromatic nitrogens is 2. The van der Waals surface area contributed by atoms with Gasteiger partial charge in [-0.05, 0) is 37.6 Å². The molecule has 9 heteroatoms. The van der Waals surface area contributed by atoms with E-state index in [4.69, 9.17) is 5.26 Å². The van der Waals surface area contributed by atoms with Crippen LogP contribution in [0.4, 0.5) is 11.6 Å². The molecule has 1 aromatic heterocycles. The van der Waals surface area contributed by atoms with Crippen molar-refractivity contribution in [1.82, 2.24) is 9.97 Å². The van der Waals surface area contributed by atoms with E-state index in [0.29, 0.717) is 23.4 Å². The molecule has 1 saturated heterocycles. The molecule has 1 aromatic carbocycles. The fourth-order valence-electron chi connectivity index (χ4n) is 2.70. The van der Waals surface area contributed by atoms with Crippen molar-refractivity contribution in [3.05, 3.63) is 47.3 Å². The Morgan fingerprint density at radius 2 is 2.12 bits per heavy atom. The zero-order valence-corrected chi connectivity index (χ0v) is 14.9. The molecule has 0 radical (unpaired) electrons. The smallest absolute Gasteiger partial charge is 0.274 e. The Hall–Kier alpha value is -2.99. The van der Waals surface area contributed by atoms with Crippen LogP contribution in [0.1, 0.15) is 28.2 Å². The third-order valence-corrected chi connectivity index (χ3v) is 5.67. The maximum absolute atomic E-state index is 12.5. The Morgan fingerprint density at radius 3 is 2.81 bits per heavy atom. The van der Waals surface area contributed by atoms with E-state index in [2.05, 4.69) is 20.6 Å². The SMILES string of the molecule is Cc1cc(C(=O)Nc2cccc(C#N)c2)nc(NC2CCS(=O)(=O)C2)n1. The Kier molecular flexibility index (Phi) is 4.86. The van der Waals surface area contributed by atoms with Crippen LogP contribution < -0.4 is 10.6 Å². The highest BCUT2D eigenvalue weighted by atomic mass is 32.2. The number of amides is 1. The molecule has 0 saturated carbocycles. The van der Waals surface area contributed by atoms with E-state index in [1.54, 1.807) is 37.3 Å². The van der Waals surface area contributed by atoms with Crippen molar-refractivity contribution in [2.24, 2.45) is 0 Å². The van der Waals surface area contributed by atoms with Gasteiger partial charge in [-0.15, -0.1) is 0 Å². The lowest BCUT2D eigenvalue weighted by Crippen LogP contribution is -2.23. The summed E-state index contributed by atoms with van der Waals surface area (Å²) in [4.78, 5) is 20.9. The number of hydrogen-bond acceptors (Lipinski definition) is 7. The monoisotopic (exact) mass is 371 g/mol. The second-order valence-electron chi connectivity index (χ2n) is 6.11. The largest absolute Gasteiger partial charge is 0.350 e. The van der Waals surface area contributed by atoms with Gasteiger partial charge >= 0.3 is 0 Å². The van der Waals surface area contributed by atoms with Gasteiger partial charge in [0, 0.05) is 17.4 Å². The van der Waals surface area contributed by atoms with E-state index in [9.17, 15) is 13.2 Å². The van der Waals surface area contributed by atoms with Crippen molar-refractivity contribution in [2.45, 2.75) is 19.4 Å². The van der Waals surface area contributed by atoms with Crippen LogP contribution in [0.25, 0.3) is 0 Å². The number of rotatable bonds is 4. The van der Waals surface area contributed by atoms with Gasteiger partial charge in [-0.2, -0.15) is 5.26 Å². The summed E-state index contributed by atoms with van der Waals surface area (Å²) in [5.41, 5.74) is 1.66. The van der Waals surface area contributed by atoms with Gasteiger partial charge < -0.3 is 10.6 Å². The maximum atomic E-state index is 12.5. The second kappa shape index (κ2) is 7.09. The number of carbonyl (C=O) groups excluding carboxylic acids is 1. The van der Waals surface area contributed by atoms with Crippen LogP contribution in [0.2, 0.25) is 0 Å². The first-order valence-electron chi connectivity index (χ1n) is 7.99. The third kappa shape index (κ3) is 4.34. The summed E-state index contributed by atoms with van der Waals surface area (Å²) in [7, 11) is -3.02. The molecule has 1 aliphatic heterocycles. The van der Waals surface area contributed by atoms with Crippen LogP contribution in [0.5, 0.6) is 0 Å². The van der Waals surface area contributed by atoms with Gasteiger partial charge in [-0.3, -0.25) is 4.79 Å². The normalized spacial score (nSPS) is 18.1. The lowest BCUT2D eigenvalue weighted by molar-refractivity contribution is 0.102. The first kappa shape index (κ1) is 17.8. The zero-order valence-electron chi connectivity index (χ0n) is 14.1. The standard InChI is InChI=1S/C17H17N5O3S/c1-11-7-15(16(23)20-13-4-2-3-12(8-13)9-18)22-17(19-11)21-14-5-6-26(24,25)10-14/h2-4,7-8,14H,5-6,10H2,1H3,(H,20,23)(H,19,21,22). The fraction of sp³-hybridized carbons (Fsp3) is 0.294. The molecule has 2 aromatic rings. The van der Waals surface area contributed by atoms with Gasteiger partial charge in [-0.25, -0.2) is 18.4 Å². The Balaban J connectivity index is 1.76. The van der Waals surface area contributed by atoms with E-state index in [1.807, 2.05) is 6.07 Å². The van der Waals surface area contributed by atoms with Gasteiger partial charge in [-0.1, -0.05) is 6.07 Å². The fourth-order valence-corrected chi connectivity index (χ4v) is 4.38. The van der Waals surface area contributed by atoms with Crippen molar-refractivity contribution in [2.75, 3.05) is 22.1 Å². The number of nitriles is 1. The topological polar surface area (TPSA) is 125 Å². The molecule has 8 nitrogen and oxygen atoms in total. The Labute approximate surface area is 151 Å². The highest BCUT2D eigenvalue weighted by Gasteiger charge is 2.28. The number of nitrogens with zero attached hydrogens (tertiary/aromatic N) is 3. The molecule has 1 fully saturated rings. The summed E-state index contributed by atoms with van der Waals surface area (Å²) in [5, 5.41) is 14.6. The van der Waals surface area contributed by atoms with E-state index < -0.39 is 15.7 Å². The molecule has 0 aliphatic carbocycles. The molecule has 134 valence electrons. The van der Waals surface area contributed by atoms with E-state index in [0.717, 1.165) is 0 Å². The predicted molar refractivity (Wildman–Crippen MR) is 96.6 cm³/mol. The summed E-state index contributed by atoms with van der Waals surface area (Å²) < 4.78 is 23.1. The average Bonchev–Trinajstić information content (AvgIpc) is 2.93. The molecule has 2 N–H and O–H groups in total. The quantitative estimate of drug-likeness (QED) is 0.834. The number of benzene rings is 1. The second-order valence-corrected chi connectivity index (χ2v) is 8.34. The average molecular weight is 371 g/mol. The van der Waals surface area contributed by atoms with Gasteiger partial charge in [0.2, 0.25) is 5.95 Å². The van der Waals surface area contributed by atoms with E-state index >= 15 is 0 Å². The zero-order chi connectivity index (χ0) is 18.7. The van der Waals surface area contributed by atoms with Crippen molar-refractivity contribution in [3.63, 3.8) is 0 Å². The van der Waals surface area contributed by atoms with Crippen LogP contribution in [-0.4, -0.2) is 41.8 Å². The van der Waals surface area contributed by atoms with Crippen molar-refractivity contribution < 1.29 is 13.2 Å². The lowest BCUT2D eigenvalue weighted by atomic mass is 10.2. The molecule has 26 heavy (non-hydrogen) atoms. The summed E-state index contributed by atoms with van der Waals surface area (Å²) in [6, 6.07) is 9.85. The minimum Gasteiger partial charge on any atom is -0.350 e. The highest BCUT2D eigenvalue weighted by molar-refractivity contribution is 7.91. The number of aryl methyl sites for hydroxylation is 1. The van der Waals surface area contributed by atoms with E-state index in [-0.39, 0.29) is 29.2 Å². The molecule has 1 amide bonds. The molecular weight excluding hydrogens is 354 g/mol. The van der Waals surface area contributed by atoms with Crippen molar-refractivity contribution in [1.29, 1.82) is 5.26 Å². The van der Waals surface area contributed by atoms with Crippen LogP contribution >= 0.6 is 0 Å². The van der Waals surface area contributed by atoms with Gasteiger partial charge in [0.05, 0.1) is 23.1 Å². The highest BCUT2D eigenvalue weighted by Crippen LogP contribution is 2.17. The summed E-state index contributed by atoms with van der Waals surface area (Å²) in [6.07, 6.45) is 0.488. The van der Waals surface area contributed by atoms with Gasteiger partial charge in [0.1, 0.15) is 5.69 Å². The summed E-state index contributed by atoms with van der Waals surface area (Å²) in [6.45, 7) is 1.73. The molecule has 1 aliphatic rings. The minimum absolute atomic E-state index is 0.0345. The van der Waals surface area contributed by atoms with E-state index in [1.165, 1.54) is 0 Å². The number of anilines is 2. The molecule has 0 bridgehead atoms. The molecule has 1 atom stereocenters. The molecule has 3 rings (SSSR count). The summed E-state index contributed by atoms with van der Waals surface area (Å²) in [5.74, 6) is -0.0398. The van der Waals surface area contributed by atoms with Crippen LogP contribution in [0.15, 0.2) is 30.3 Å². The number of sulfone groups is 1. The number of nitrogens with one attached hydrogen (secondary N) is 2. The number of carbonyl (C=O) groups is 1. The molecule has 1 unspecified atom stereocenters. The van der Waals surface area contributed by atoms with Gasteiger partial charge in [0.25, 0.3) is 5.91 Å². The minimum atomic E-state index is -3.02. The lowest BCUT2D eigenvalue weighted by Gasteiger charge is -2.12. The Bertz CT molecular complexity index is 998. The molecule has 0 spiro atoms. The predicted octanol–water partition coefficient (Wildman–Crippen LogP) is 1.51. The molecular formula is C17H17N5O3S. The van der Waals surface area contributed by atoms with Crippen molar-refractivity contribution in [3.8, 4) is 6.07 Å². The first-order chi connectivity index (χ1) is 12.3. The molecule has 2 heterocycles. The van der Waals surface area contributed by atoms with Crippen molar-refractivity contribution >= 4 is 27.4 Å².